The maximum atomic E-state index is 12.6. The molecular weight excluding hydrogens is 410 g/mol. The quantitative estimate of drug-likeness (QED) is 0.661. The molecule has 29 heavy (non-hydrogen) atoms. The summed E-state index contributed by atoms with van der Waals surface area (Å²) in [5, 5.41) is 5.01. The van der Waals surface area contributed by atoms with Crippen molar-refractivity contribution in [2.45, 2.75) is 37.8 Å². The first kappa shape index (κ1) is 21.8. The lowest BCUT2D eigenvalue weighted by Gasteiger charge is -2.26. The molecule has 1 aliphatic rings. The van der Waals surface area contributed by atoms with E-state index in [9.17, 15) is 13.2 Å². The maximum Gasteiger partial charge on any atom is 0.251 e. The number of thiophene rings is 1. The van der Waals surface area contributed by atoms with Crippen LogP contribution in [0.15, 0.2) is 34.5 Å². The lowest BCUT2D eigenvalue weighted by molar-refractivity contribution is 0.0947. The number of carbonyl (C=O) groups excluding carboxylic acids is 1. The molecule has 3 rings (SSSR count). The van der Waals surface area contributed by atoms with E-state index in [4.69, 9.17) is 4.74 Å². The molecule has 0 bridgehead atoms. The monoisotopic (exact) mass is 437 g/mol. The lowest BCUT2D eigenvalue weighted by atomic mass is 10.1. The third kappa shape index (κ3) is 5.36. The van der Waals surface area contributed by atoms with Gasteiger partial charge in [0, 0.05) is 42.7 Å². The average molecular weight is 438 g/mol. The minimum Gasteiger partial charge on any atom is -0.495 e. The van der Waals surface area contributed by atoms with Crippen molar-refractivity contribution in [2.24, 2.45) is 0 Å². The predicted molar refractivity (Wildman–Crippen MR) is 114 cm³/mol. The number of amides is 1. The highest BCUT2D eigenvalue weighted by atomic mass is 32.2. The van der Waals surface area contributed by atoms with Gasteiger partial charge < -0.3 is 10.1 Å². The van der Waals surface area contributed by atoms with E-state index in [0.717, 1.165) is 26.1 Å². The molecule has 1 aliphatic heterocycles. The van der Waals surface area contributed by atoms with Gasteiger partial charge in [-0.05, 0) is 55.5 Å². The second-order valence-corrected chi connectivity index (χ2v) is 9.98. The fourth-order valence-electron chi connectivity index (χ4n) is 3.33. The van der Waals surface area contributed by atoms with Crippen molar-refractivity contribution in [2.75, 3.05) is 26.7 Å². The molecule has 2 N–H and O–H groups in total. The van der Waals surface area contributed by atoms with E-state index in [1.165, 1.54) is 29.7 Å². The largest absolute Gasteiger partial charge is 0.495 e. The van der Waals surface area contributed by atoms with Gasteiger partial charge in [-0.25, -0.2) is 13.1 Å². The van der Waals surface area contributed by atoms with Gasteiger partial charge in [-0.15, -0.1) is 11.3 Å². The average Bonchev–Trinajstić information content (AvgIpc) is 3.14. The van der Waals surface area contributed by atoms with Gasteiger partial charge in [0.1, 0.15) is 10.6 Å². The molecule has 1 aromatic carbocycles. The van der Waals surface area contributed by atoms with Gasteiger partial charge in [0.15, 0.2) is 0 Å². The summed E-state index contributed by atoms with van der Waals surface area (Å²) >= 11 is 1.80. The Hall–Kier alpha value is -1.94. The second kappa shape index (κ2) is 9.25. The molecular formula is C20H27N3O4S2. The normalized spacial score (nSPS) is 14.6. The topological polar surface area (TPSA) is 87.7 Å². The number of nitrogens with one attached hydrogen (secondary N) is 2. The van der Waals surface area contributed by atoms with Crippen LogP contribution in [-0.4, -0.2) is 52.0 Å². The molecule has 2 heterocycles. The van der Waals surface area contributed by atoms with Gasteiger partial charge in [0.05, 0.1) is 7.11 Å². The molecule has 0 radical (unpaired) electrons. The smallest absolute Gasteiger partial charge is 0.251 e. The number of carbonyl (C=O) groups is 1. The van der Waals surface area contributed by atoms with Crippen LogP contribution in [-0.2, 0) is 23.0 Å². The van der Waals surface area contributed by atoms with Gasteiger partial charge in [0.2, 0.25) is 10.0 Å². The Morgan fingerprint density at radius 3 is 2.83 bits per heavy atom. The molecule has 0 saturated carbocycles. The van der Waals surface area contributed by atoms with Crippen LogP contribution in [0.25, 0.3) is 0 Å². The number of fused-ring (bicyclic) bond motifs is 1. The number of rotatable bonds is 8. The second-order valence-electron chi connectivity index (χ2n) is 7.29. The highest BCUT2D eigenvalue weighted by Crippen LogP contribution is 2.25. The molecule has 7 nitrogen and oxygen atoms in total. The summed E-state index contributed by atoms with van der Waals surface area (Å²) in [6, 6.07) is 6.33. The highest BCUT2D eigenvalue weighted by molar-refractivity contribution is 7.89. The van der Waals surface area contributed by atoms with E-state index in [0.29, 0.717) is 6.54 Å². The van der Waals surface area contributed by atoms with Crippen LogP contribution in [0.2, 0.25) is 0 Å². The summed E-state index contributed by atoms with van der Waals surface area (Å²) < 4.78 is 32.8. The highest BCUT2D eigenvalue weighted by Gasteiger charge is 2.23. The van der Waals surface area contributed by atoms with Crippen molar-refractivity contribution < 1.29 is 17.9 Å². The van der Waals surface area contributed by atoms with Crippen LogP contribution in [0.5, 0.6) is 5.75 Å². The summed E-state index contributed by atoms with van der Waals surface area (Å²) in [7, 11) is -2.38. The van der Waals surface area contributed by atoms with E-state index in [-0.39, 0.29) is 28.2 Å². The maximum absolute atomic E-state index is 12.6. The van der Waals surface area contributed by atoms with Gasteiger partial charge in [-0.3, -0.25) is 9.69 Å². The van der Waals surface area contributed by atoms with Crippen LogP contribution in [0.3, 0.4) is 0 Å². The van der Waals surface area contributed by atoms with Crippen molar-refractivity contribution >= 4 is 27.3 Å². The summed E-state index contributed by atoms with van der Waals surface area (Å²) in [6.45, 7) is 6.60. The number of nitrogens with zero attached hydrogens (tertiary/aromatic N) is 1. The fourth-order valence-corrected chi connectivity index (χ4v) is 5.66. The van der Waals surface area contributed by atoms with E-state index >= 15 is 0 Å². The lowest BCUT2D eigenvalue weighted by Crippen LogP contribution is -2.37. The number of hydrogen-bond donors (Lipinski definition) is 2. The Morgan fingerprint density at radius 2 is 2.10 bits per heavy atom. The Kier molecular flexibility index (Phi) is 6.94. The molecule has 158 valence electrons. The SMILES string of the molecule is COc1ccc(C(=O)NCCN2CCc3sccc3C2)cc1S(=O)(=O)NC(C)C. The number of ether oxygens (including phenoxy) is 1. The predicted octanol–water partition coefficient (Wildman–Crippen LogP) is 2.23. The Bertz CT molecular complexity index is 970. The van der Waals surface area contributed by atoms with E-state index in [2.05, 4.69) is 26.4 Å². The van der Waals surface area contributed by atoms with Gasteiger partial charge in [-0.1, -0.05) is 0 Å². The van der Waals surface area contributed by atoms with Crippen molar-refractivity contribution in [1.82, 2.24) is 14.9 Å². The zero-order valence-corrected chi connectivity index (χ0v) is 18.5. The van der Waals surface area contributed by atoms with Crippen LogP contribution in [0.1, 0.15) is 34.6 Å². The van der Waals surface area contributed by atoms with Gasteiger partial charge in [-0.2, -0.15) is 0 Å². The molecule has 0 saturated heterocycles. The Balaban J connectivity index is 1.63. The number of benzene rings is 1. The number of hydrogen-bond acceptors (Lipinski definition) is 6. The molecule has 0 unspecified atom stereocenters. The van der Waals surface area contributed by atoms with Gasteiger partial charge in [0.25, 0.3) is 5.91 Å². The van der Waals surface area contributed by atoms with Crippen LogP contribution in [0, 0.1) is 0 Å². The Labute approximate surface area is 176 Å². The van der Waals surface area contributed by atoms with Gasteiger partial charge >= 0.3 is 0 Å². The first-order valence-electron chi connectivity index (χ1n) is 9.56. The van der Waals surface area contributed by atoms with Crippen LogP contribution >= 0.6 is 11.3 Å². The fraction of sp³-hybridized carbons (Fsp3) is 0.450. The molecule has 0 atom stereocenters. The standard InChI is InChI=1S/C20H27N3O4S2/c1-14(2)22-29(25,26)19-12-15(4-5-17(19)27-3)20(24)21-8-10-23-9-6-18-16(13-23)7-11-28-18/h4-5,7,11-12,14,22H,6,8-10,13H2,1-3H3,(H,21,24). The summed E-state index contributed by atoms with van der Waals surface area (Å²) in [6.07, 6.45) is 1.05. The summed E-state index contributed by atoms with van der Waals surface area (Å²) in [4.78, 5) is 16.3. The van der Waals surface area contributed by atoms with Crippen molar-refractivity contribution in [1.29, 1.82) is 0 Å². The minimum atomic E-state index is -3.78. The molecule has 0 aliphatic carbocycles. The molecule has 1 aromatic heterocycles. The van der Waals surface area contributed by atoms with Crippen molar-refractivity contribution in [3.05, 3.63) is 45.6 Å². The molecule has 2 aromatic rings. The third-order valence-electron chi connectivity index (χ3n) is 4.71. The minimum absolute atomic E-state index is 0.0395. The van der Waals surface area contributed by atoms with Crippen molar-refractivity contribution in [3.8, 4) is 5.75 Å². The third-order valence-corrected chi connectivity index (χ3v) is 7.41. The summed E-state index contributed by atoms with van der Waals surface area (Å²) in [5.74, 6) is -0.100. The number of sulfonamides is 1. The van der Waals surface area contributed by atoms with Crippen LogP contribution < -0.4 is 14.8 Å². The zero-order valence-electron chi connectivity index (χ0n) is 16.9. The molecule has 0 fully saturated rings. The van der Waals surface area contributed by atoms with E-state index < -0.39 is 10.0 Å². The van der Waals surface area contributed by atoms with Crippen molar-refractivity contribution in [3.63, 3.8) is 0 Å². The first-order chi connectivity index (χ1) is 13.8. The molecule has 0 spiro atoms. The Morgan fingerprint density at radius 1 is 1.31 bits per heavy atom. The van der Waals surface area contributed by atoms with E-state index in [1.807, 2.05) is 0 Å². The first-order valence-corrected chi connectivity index (χ1v) is 11.9. The van der Waals surface area contributed by atoms with E-state index in [1.54, 1.807) is 31.3 Å². The molecule has 1 amide bonds. The van der Waals surface area contributed by atoms with Crippen LogP contribution in [0.4, 0.5) is 0 Å². The molecule has 9 heteroatoms. The summed E-state index contributed by atoms with van der Waals surface area (Å²) in [5.41, 5.74) is 1.66. The zero-order chi connectivity index (χ0) is 21.0. The number of methoxy groups -OCH3 is 1.